The van der Waals surface area contributed by atoms with Crippen LogP contribution in [-0.4, -0.2) is 19.6 Å². The molecule has 2 N–H and O–H groups in total. The van der Waals surface area contributed by atoms with Gasteiger partial charge in [0, 0.05) is 18.3 Å². The molecule has 0 fully saturated rings. The summed E-state index contributed by atoms with van der Waals surface area (Å²) in [5, 5.41) is 6.89. The standard InChI is InChI=1S/C17H26N2/c1-5-15(6-2)11-12-16(13-18-4)19-17-10-8-7-9-14(17)3/h5-10,16,18-19H,1,11-13H2,2-4H3/b15-6+. The summed E-state index contributed by atoms with van der Waals surface area (Å²) in [4.78, 5) is 0. The van der Waals surface area contributed by atoms with Crippen LogP contribution < -0.4 is 10.6 Å². The lowest BCUT2D eigenvalue weighted by Gasteiger charge is -2.21. The highest BCUT2D eigenvalue weighted by molar-refractivity contribution is 5.51. The SMILES string of the molecule is C=C/C(=C\C)CCC(CNC)Nc1ccccc1C. The average Bonchev–Trinajstić information content (AvgIpc) is 2.42. The van der Waals surface area contributed by atoms with Crippen molar-refractivity contribution in [3.05, 3.63) is 54.1 Å². The number of likely N-dealkylation sites (N-methyl/N-ethyl adjacent to an activating group) is 1. The van der Waals surface area contributed by atoms with E-state index in [1.165, 1.54) is 16.8 Å². The lowest BCUT2D eigenvalue weighted by atomic mass is 10.0. The van der Waals surface area contributed by atoms with E-state index in [1.807, 2.05) is 13.1 Å². The minimum Gasteiger partial charge on any atom is -0.381 e. The first-order chi connectivity index (χ1) is 9.21. The Morgan fingerprint density at radius 1 is 1.37 bits per heavy atom. The van der Waals surface area contributed by atoms with E-state index in [2.05, 4.69) is 61.4 Å². The van der Waals surface area contributed by atoms with E-state index in [0.29, 0.717) is 6.04 Å². The normalized spacial score (nSPS) is 13.1. The minimum absolute atomic E-state index is 0.431. The van der Waals surface area contributed by atoms with Crippen LogP contribution in [-0.2, 0) is 0 Å². The quantitative estimate of drug-likeness (QED) is 0.691. The lowest BCUT2D eigenvalue weighted by Crippen LogP contribution is -2.31. The fraction of sp³-hybridized carbons (Fsp3) is 0.412. The molecule has 0 aromatic heterocycles. The maximum absolute atomic E-state index is 3.85. The largest absolute Gasteiger partial charge is 0.381 e. The van der Waals surface area contributed by atoms with Crippen LogP contribution in [0, 0.1) is 6.92 Å². The van der Waals surface area contributed by atoms with Crippen molar-refractivity contribution in [3.8, 4) is 0 Å². The number of benzene rings is 1. The van der Waals surface area contributed by atoms with Crippen LogP contribution >= 0.6 is 0 Å². The third-order valence-corrected chi connectivity index (χ3v) is 3.37. The molecule has 2 nitrogen and oxygen atoms in total. The highest BCUT2D eigenvalue weighted by Gasteiger charge is 2.09. The molecule has 0 aliphatic carbocycles. The average molecular weight is 258 g/mol. The number of rotatable bonds is 8. The maximum Gasteiger partial charge on any atom is 0.0389 e. The van der Waals surface area contributed by atoms with Gasteiger partial charge in [0.1, 0.15) is 0 Å². The number of nitrogens with one attached hydrogen (secondary N) is 2. The first-order valence-corrected chi connectivity index (χ1v) is 6.95. The van der Waals surface area contributed by atoms with Gasteiger partial charge in [-0.05, 0) is 45.4 Å². The monoisotopic (exact) mass is 258 g/mol. The van der Waals surface area contributed by atoms with Gasteiger partial charge >= 0.3 is 0 Å². The molecule has 0 aliphatic heterocycles. The Bertz CT molecular complexity index is 421. The zero-order chi connectivity index (χ0) is 14.1. The molecule has 1 rings (SSSR count). The summed E-state index contributed by atoms with van der Waals surface area (Å²) in [6, 6.07) is 8.86. The van der Waals surface area contributed by atoms with Crippen molar-refractivity contribution in [2.45, 2.75) is 32.7 Å². The minimum atomic E-state index is 0.431. The molecule has 2 heteroatoms. The van der Waals surface area contributed by atoms with Gasteiger partial charge in [-0.15, -0.1) is 0 Å². The number of allylic oxidation sites excluding steroid dienone is 3. The van der Waals surface area contributed by atoms with Crippen molar-refractivity contribution in [2.24, 2.45) is 0 Å². The Labute approximate surface area is 117 Å². The van der Waals surface area contributed by atoms with E-state index >= 15 is 0 Å². The van der Waals surface area contributed by atoms with Crippen LogP contribution in [0.15, 0.2) is 48.6 Å². The van der Waals surface area contributed by atoms with Crippen LogP contribution in [0.5, 0.6) is 0 Å². The summed E-state index contributed by atoms with van der Waals surface area (Å²) in [6.45, 7) is 9.02. The molecule has 0 saturated carbocycles. The summed E-state index contributed by atoms with van der Waals surface area (Å²) < 4.78 is 0. The highest BCUT2D eigenvalue weighted by atomic mass is 15.0. The van der Waals surface area contributed by atoms with E-state index in [1.54, 1.807) is 0 Å². The molecule has 0 aliphatic rings. The van der Waals surface area contributed by atoms with Crippen molar-refractivity contribution < 1.29 is 0 Å². The molecule has 0 saturated heterocycles. The molecular formula is C17H26N2. The molecule has 1 aromatic carbocycles. The van der Waals surface area contributed by atoms with Gasteiger partial charge in [0.05, 0.1) is 0 Å². The van der Waals surface area contributed by atoms with Crippen LogP contribution in [0.3, 0.4) is 0 Å². The van der Waals surface area contributed by atoms with Crippen molar-refractivity contribution in [3.63, 3.8) is 0 Å². The van der Waals surface area contributed by atoms with Crippen molar-refractivity contribution in [1.82, 2.24) is 5.32 Å². The van der Waals surface area contributed by atoms with Gasteiger partial charge in [0.25, 0.3) is 0 Å². The van der Waals surface area contributed by atoms with Crippen molar-refractivity contribution in [2.75, 3.05) is 18.9 Å². The molecule has 0 spiro atoms. The Balaban J connectivity index is 2.62. The number of aryl methyl sites for hydroxylation is 1. The summed E-state index contributed by atoms with van der Waals surface area (Å²) in [5.41, 5.74) is 3.83. The Kier molecular flexibility index (Phi) is 6.98. The molecular weight excluding hydrogens is 232 g/mol. The van der Waals surface area contributed by atoms with Gasteiger partial charge in [-0.2, -0.15) is 0 Å². The molecule has 0 amide bonds. The highest BCUT2D eigenvalue weighted by Crippen LogP contribution is 2.17. The van der Waals surface area contributed by atoms with Crippen molar-refractivity contribution >= 4 is 5.69 Å². The second kappa shape index (κ2) is 8.54. The number of hydrogen-bond donors (Lipinski definition) is 2. The first-order valence-electron chi connectivity index (χ1n) is 6.95. The predicted molar refractivity (Wildman–Crippen MR) is 85.7 cm³/mol. The molecule has 0 radical (unpaired) electrons. The first kappa shape index (κ1) is 15.5. The molecule has 1 unspecified atom stereocenters. The van der Waals surface area contributed by atoms with E-state index in [0.717, 1.165) is 19.4 Å². The smallest absolute Gasteiger partial charge is 0.0389 e. The number of anilines is 1. The van der Waals surface area contributed by atoms with Gasteiger partial charge in [-0.3, -0.25) is 0 Å². The molecule has 0 heterocycles. The zero-order valence-electron chi connectivity index (χ0n) is 12.4. The van der Waals surface area contributed by atoms with Crippen LogP contribution in [0.4, 0.5) is 5.69 Å². The van der Waals surface area contributed by atoms with Gasteiger partial charge < -0.3 is 10.6 Å². The Morgan fingerprint density at radius 2 is 2.11 bits per heavy atom. The number of para-hydroxylation sites is 1. The fourth-order valence-corrected chi connectivity index (χ4v) is 2.13. The van der Waals surface area contributed by atoms with Gasteiger partial charge in [0.2, 0.25) is 0 Å². The van der Waals surface area contributed by atoms with E-state index in [-0.39, 0.29) is 0 Å². The van der Waals surface area contributed by atoms with Crippen LogP contribution in [0.2, 0.25) is 0 Å². The third-order valence-electron chi connectivity index (χ3n) is 3.37. The summed E-state index contributed by atoms with van der Waals surface area (Å²) in [6.07, 6.45) is 6.24. The Morgan fingerprint density at radius 3 is 2.68 bits per heavy atom. The Hall–Kier alpha value is -1.54. The van der Waals surface area contributed by atoms with Gasteiger partial charge in [-0.25, -0.2) is 0 Å². The third kappa shape index (κ3) is 5.31. The topological polar surface area (TPSA) is 24.1 Å². The molecule has 0 bridgehead atoms. The van der Waals surface area contributed by atoms with E-state index in [4.69, 9.17) is 0 Å². The molecule has 104 valence electrons. The van der Waals surface area contributed by atoms with E-state index in [9.17, 15) is 0 Å². The van der Waals surface area contributed by atoms with E-state index < -0.39 is 0 Å². The van der Waals surface area contributed by atoms with Crippen LogP contribution in [0.1, 0.15) is 25.3 Å². The predicted octanol–water partition coefficient (Wildman–Crippen LogP) is 3.91. The number of hydrogen-bond acceptors (Lipinski definition) is 2. The second-order valence-corrected chi connectivity index (χ2v) is 4.82. The fourth-order valence-electron chi connectivity index (χ4n) is 2.13. The summed E-state index contributed by atoms with van der Waals surface area (Å²) in [5.74, 6) is 0. The molecule has 1 aromatic rings. The lowest BCUT2D eigenvalue weighted by molar-refractivity contribution is 0.609. The summed E-state index contributed by atoms with van der Waals surface area (Å²) >= 11 is 0. The van der Waals surface area contributed by atoms with Gasteiger partial charge in [-0.1, -0.05) is 42.5 Å². The summed E-state index contributed by atoms with van der Waals surface area (Å²) in [7, 11) is 2.00. The van der Waals surface area contributed by atoms with Crippen molar-refractivity contribution in [1.29, 1.82) is 0 Å². The van der Waals surface area contributed by atoms with Crippen LogP contribution in [0.25, 0.3) is 0 Å². The molecule has 19 heavy (non-hydrogen) atoms. The maximum atomic E-state index is 3.85. The second-order valence-electron chi connectivity index (χ2n) is 4.82. The zero-order valence-corrected chi connectivity index (χ0v) is 12.4. The molecule has 1 atom stereocenters. The van der Waals surface area contributed by atoms with Gasteiger partial charge in [0.15, 0.2) is 0 Å².